The largest absolute Gasteiger partial charge is 0.458 e. The number of esters is 1. The second-order valence-corrected chi connectivity index (χ2v) is 18.1. The highest BCUT2D eigenvalue weighted by Crippen LogP contribution is 2.26. The summed E-state index contributed by atoms with van der Waals surface area (Å²) >= 11 is 0. The molecule has 2 aromatic carbocycles. The summed E-state index contributed by atoms with van der Waals surface area (Å²) in [5.74, 6) is -1.20. The molecule has 0 radical (unpaired) electrons. The molecule has 8 rings (SSSR count). The number of aryl methyl sites for hydroxylation is 2. The lowest BCUT2D eigenvalue weighted by Crippen LogP contribution is -2.53. The van der Waals surface area contributed by atoms with Crippen molar-refractivity contribution in [3.05, 3.63) is 63.6 Å². The van der Waals surface area contributed by atoms with Gasteiger partial charge in [-0.2, -0.15) is 0 Å². The summed E-state index contributed by atoms with van der Waals surface area (Å²) in [5, 5.41) is 3.03. The molecule has 6 amide bonds. The van der Waals surface area contributed by atoms with Crippen molar-refractivity contribution >= 4 is 52.6 Å². The van der Waals surface area contributed by atoms with Crippen molar-refractivity contribution < 1.29 is 42.7 Å². The van der Waals surface area contributed by atoms with E-state index in [1.54, 1.807) is 32.7 Å². The zero-order valence-electron chi connectivity index (χ0n) is 38.3. The van der Waals surface area contributed by atoms with Crippen LogP contribution in [0.5, 0.6) is 0 Å². The number of aromatic nitrogens is 1. The molecule has 66 heavy (non-hydrogen) atoms. The molecule has 0 bridgehead atoms. The SMILES string of the molecule is C.CC1CCN(C(=O)C(=O)OCCCN2CCCC2=O)CC1.Cc1cc(C[C@@H](OC(=O)N2CCC(N3CCc4ccccc4NC3=O)CC2)C(=O)N2CCN(C)CC2)cc2oc(=O)n(C)c12. The van der Waals surface area contributed by atoms with Gasteiger partial charge in [0.1, 0.15) is 0 Å². The average molecular weight is 917 g/mol. The zero-order chi connectivity index (χ0) is 46.2. The Morgan fingerprint density at radius 1 is 0.833 bits per heavy atom. The van der Waals surface area contributed by atoms with Crippen molar-refractivity contribution in [3.8, 4) is 0 Å². The third-order valence-electron chi connectivity index (χ3n) is 13.4. The first-order valence-corrected chi connectivity index (χ1v) is 23.2. The fourth-order valence-electron chi connectivity index (χ4n) is 9.38. The van der Waals surface area contributed by atoms with Gasteiger partial charge in [0.15, 0.2) is 11.7 Å². The number of piperazine rings is 1. The Bertz CT molecular complexity index is 2270. The maximum absolute atomic E-state index is 13.7. The molecule has 1 N–H and O–H groups in total. The molecule has 0 unspecified atom stereocenters. The molecule has 1 aromatic heterocycles. The molecule has 360 valence electrons. The van der Waals surface area contributed by atoms with E-state index in [2.05, 4.69) is 17.1 Å². The molecular formula is C48H68N8O10. The van der Waals surface area contributed by atoms with Crippen LogP contribution in [0.15, 0.2) is 45.6 Å². The average Bonchev–Trinajstić information content (AvgIpc) is 3.79. The minimum absolute atomic E-state index is 0. The standard InChI is InChI=1S/C32H40N6O6.C15H24N2O4.CH4/c1-21-18-22(19-26-28(21)35(3)31(41)43-26)20-27(29(39)36-16-14-34(2)15-17-36)44-32(42)37-11-9-24(10-12-37)38-13-8-23-6-4-5-7-25(23)33-30(38)40;1-12-5-9-17(10-6-12)14(19)15(20)21-11-3-8-16-7-2-4-13(16)18;/h4-7,18-19,24,27H,8-17,20H2,1-3H3,(H,33,40);12H,2-11H2,1H3;1H4/t27-;;/m1../s1. The summed E-state index contributed by atoms with van der Waals surface area (Å²) in [4.78, 5) is 98.1. The summed E-state index contributed by atoms with van der Waals surface area (Å²) < 4.78 is 17.9. The van der Waals surface area contributed by atoms with Crippen LogP contribution in [0.4, 0.5) is 15.3 Å². The van der Waals surface area contributed by atoms with Gasteiger partial charge in [-0.05, 0) is 93.7 Å². The van der Waals surface area contributed by atoms with E-state index in [0.29, 0.717) is 95.1 Å². The smallest absolute Gasteiger partial charge is 0.419 e. The maximum Gasteiger partial charge on any atom is 0.419 e. The second kappa shape index (κ2) is 22.5. The summed E-state index contributed by atoms with van der Waals surface area (Å²) in [7, 11) is 3.67. The Hall–Kier alpha value is -5.91. The van der Waals surface area contributed by atoms with Gasteiger partial charge in [-0.15, -0.1) is 0 Å². The van der Waals surface area contributed by atoms with Gasteiger partial charge >= 0.3 is 29.8 Å². The summed E-state index contributed by atoms with van der Waals surface area (Å²) in [5.41, 5.74) is 4.68. The summed E-state index contributed by atoms with van der Waals surface area (Å²) in [6.07, 6.45) is 4.61. The number of para-hydroxylation sites is 1. The maximum atomic E-state index is 13.7. The number of nitrogens with zero attached hydrogens (tertiary/aromatic N) is 7. The molecule has 0 spiro atoms. The van der Waals surface area contributed by atoms with Crippen molar-refractivity contribution in [1.29, 1.82) is 0 Å². The van der Waals surface area contributed by atoms with Gasteiger partial charge in [-0.25, -0.2) is 19.2 Å². The molecule has 4 saturated heterocycles. The van der Waals surface area contributed by atoms with Crippen LogP contribution in [0.1, 0.15) is 76.0 Å². The molecule has 0 saturated carbocycles. The van der Waals surface area contributed by atoms with E-state index >= 15 is 0 Å². The third-order valence-corrected chi connectivity index (χ3v) is 13.4. The van der Waals surface area contributed by atoms with E-state index in [4.69, 9.17) is 13.9 Å². The van der Waals surface area contributed by atoms with E-state index in [1.807, 2.05) is 49.2 Å². The Kier molecular flexibility index (Phi) is 16.9. The third kappa shape index (κ3) is 12.1. The number of anilines is 1. The van der Waals surface area contributed by atoms with Crippen LogP contribution >= 0.6 is 0 Å². The number of urea groups is 1. The molecule has 1 atom stereocenters. The van der Waals surface area contributed by atoms with Crippen molar-refractivity contribution in [2.45, 2.75) is 91.2 Å². The molecule has 6 heterocycles. The second-order valence-electron chi connectivity index (χ2n) is 18.1. The highest BCUT2D eigenvalue weighted by atomic mass is 16.6. The molecule has 18 heteroatoms. The summed E-state index contributed by atoms with van der Waals surface area (Å²) in [6.45, 7) is 11.0. The molecule has 3 aromatic rings. The number of hydrogen-bond donors (Lipinski definition) is 1. The minimum atomic E-state index is -1.02. The predicted molar refractivity (Wildman–Crippen MR) is 248 cm³/mol. The number of ether oxygens (including phenoxy) is 2. The lowest BCUT2D eigenvalue weighted by atomic mass is 9.99. The topological polar surface area (TPSA) is 187 Å². The van der Waals surface area contributed by atoms with Gasteiger partial charge in [0.05, 0.1) is 12.1 Å². The van der Waals surface area contributed by atoms with Gasteiger partial charge in [-0.3, -0.25) is 19.0 Å². The van der Waals surface area contributed by atoms with Crippen molar-refractivity contribution in [2.24, 2.45) is 13.0 Å². The van der Waals surface area contributed by atoms with Gasteiger partial charge in [-0.1, -0.05) is 38.6 Å². The Morgan fingerprint density at radius 2 is 1.53 bits per heavy atom. The van der Waals surface area contributed by atoms with Crippen molar-refractivity contribution in [1.82, 2.24) is 34.0 Å². The van der Waals surface area contributed by atoms with Crippen LogP contribution in [-0.4, -0.2) is 168 Å². The fourth-order valence-corrected chi connectivity index (χ4v) is 9.38. The first-order valence-electron chi connectivity index (χ1n) is 23.2. The van der Waals surface area contributed by atoms with E-state index in [9.17, 15) is 33.6 Å². The van der Waals surface area contributed by atoms with Crippen LogP contribution in [0, 0.1) is 12.8 Å². The quantitative estimate of drug-likeness (QED) is 0.184. The number of carbonyl (C=O) groups excluding carboxylic acids is 6. The number of rotatable bonds is 9. The van der Waals surface area contributed by atoms with E-state index in [1.165, 1.54) is 4.57 Å². The Morgan fingerprint density at radius 3 is 2.23 bits per heavy atom. The predicted octanol–water partition coefficient (Wildman–Crippen LogP) is 4.25. The molecular weight excluding hydrogens is 849 g/mol. The van der Waals surface area contributed by atoms with E-state index in [0.717, 1.165) is 67.7 Å². The highest BCUT2D eigenvalue weighted by Gasteiger charge is 2.36. The highest BCUT2D eigenvalue weighted by molar-refractivity contribution is 6.32. The van der Waals surface area contributed by atoms with Crippen LogP contribution in [0.25, 0.3) is 11.1 Å². The number of likely N-dealkylation sites (N-methyl/N-ethyl adjacent to an activating group) is 1. The van der Waals surface area contributed by atoms with Gasteiger partial charge in [0.25, 0.3) is 5.91 Å². The molecule has 18 nitrogen and oxygen atoms in total. The van der Waals surface area contributed by atoms with Crippen LogP contribution in [0.3, 0.4) is 0 Å². The normalized spacial score (nSPS) is 19.0. The number of likely N-dealkylation sites (tertiary alicyclic amines) is 3. The Labute approximate surface area is 387 Å². The molecule has 0 aliphatic carbocycles. The van der Waals surface area contributed by atoms with Gasteiger partial charge in [0, 0.05) is 104 Å². The zero-order valence-corrected chi connectivity index (χ0v) is 38.3. The van der Waals surface area contributed by atoms with E-state index < -0.39 is 29.8 Å². The number of hydrogen-bond acceptors (Lipinski definition) is 11. The number of fused-ring (bicyclic) bond motifs is 2. The van der Waals surface area contributed by atoms with Crippen LogP contribution in [0.2, 0.25) is 0 Å². The van der Waals surface area contributed by atoms with E-state index in [-0.39, 0.29) is 44.3 Å². The number of oxazole rings is 1. The lowest BCUT2D eigenvalue weighted by molar-refractivity contribution is -0.161. The first kappa shape index (κ1) is 49.5. The van der Waals surface area contributed by atoms with Crippen LogP contribution in [-0.2, 0) is 48.5 Å². The minimum Gasteiger partial charge on any atom is -0.458 e. The van der Waals surface area contributed by atoms with Gasteiger partial charge < -0.3 is 48.6 Å². The van der Waals surface area contributed by atoms with Crippen LogP contribution < -0.4 is 11.1 Å². The number of nitrogens with one attached hydrogen (secondary N) is 1. The number of amides is 6. The van der Waals surface area contributed by atoms with Crippen molar-refractivity contribution in [3.63, 3.8) is 0 Å². The lowest BCUT2D eigenvalue weighted by Gasteiger charge is -2.38. The molecule has 5 aliphatic heterocycles. The number of carbonyl (C=O) groups is 6. The first-order chi connectivity index (χ1) is 31.2. The Balaban J connectivity index is 0.000000275. The van der Waals surface area contributed by atoms with Gasteiger partial charge in [0.2, 0.25) is 5.91 Å². The summed E-state index contributed by atoms with van der Waals surface area (Å²) in [6, 6.07) is 11.4. The monoisotopic (exact) mass is 917 g/mol. The molecule has 4 fully saturated rings. The molecule has 5 aliphatic rings. The number of piperidine rings is 2. The number of benzene rings is 2. The van der Waals surface area contributed by atoms with Crippen molar-refractivity contribution in [2.75, 3.05) is 91.0 Å². The fraction of sp³-hybridized carbons (Fsp3) is 0.604.